The van der Waals surface area contributed by atoms with Gasteiger partial charge in [0.1, 0.15) is 10.8 Å². The van der Waals surface area contributed by atoms with E-state index in [9.17, 15) is 14.4 Å². The lowest BCUT2D eigenvalue weighted by atomic mass is 10.1. The Morgan fingerprint density at radius 3 is 2.53 bits per heavy atom. The maximum atomic E-state index is 12.3. The van der Waals surface area contributed by atoms with Crippen LogP contribution in [0.15, 0.2) is 41.8 Å². The van der Waals surface area contributed by atoms with Crippen LogP contribution in [0.25, 0.3) is 10.6 Å². The number of thiazole rings is 1. The van der Waals surface area contributed by atoms with Crippen molar-refractivity contribution in [2.24, 2.45) is 0 Å². The van der Waals surface area contributed by atoms with E-state index < -0.39 is 18.5 Å². The van der Waals surface area contributed by atoms with Crippen molar-refractivity contribution in [3.05, 3.63) is 53.0 Å². The largest absolute Gasteiger partial charge is 0.497 e. The molecular formula is C22H18N2O7S. The number of hydrogen-bond acceptors (Lipinski definition) is 9. The van der Waals surface area contributed by atoms with E-state index in [1.54, 1.807) is 24.6 Å². The van der Waals surface area contributed by atoms with Crippen LogP contribution >= 0.6 is 11.3 Å². The fourth-order valence-electron chi connectivity index (χ4n) is 2.96. The zero-order chi connectivity index (χ0) is 22.7. The van der Waals surface area contributed by atoms with Crippen molar-refractivity contribution in [1.82, 2.24) is 4.98 Å². The van der Waals surface area contributed by atoms with Crippen LogP contribution in [0.1, 0.15) is 27.8 Å². The van der Waals surface area contributed by atoms with Crippen LogP contribution in [0, 0.1) is 0 Å². The molecule has 32 heavy (non-hydrogen) atoms. The highest BCUT2D eigenvalue weighted by Gasteiger charge is 2.21. The molecule has 0 fully saturated rings. The van der Waals surface area contributed by atoms with Crippen molar-refractivity contribution < 1.29 is 33.3 Å². The SMILES string of the molecule is COc1ccc(-c2nc(C(=O)OCC(=O)Nc3cc4c(cc3C(C)=O)OCO4)cs2)cc1. The van der Waals surface area contributed by atoms with Gasteiger partial charge in [-0.05, 0) is 37.3 Å². The molecule has 9 nitrogen and oxygen atoms in total. The van der Waals surface area contributed by atoms with Gasteiger partial charge in [-0.1, -0.05) is 0 Å². The Hall–Kier alpha value is -3.92. The molecule has 0 saturated heterocycles. The predicted octanol–water partition coefficient (Wildman–Crippen LogP) is 3.55. The van der Waals surface area contributed by atoms with Crippen LogP contribution in [-0.2, 0) is 9.53 Å². The molecule has 1 aliphatic rings. The van der Waals surface area contributed by atoms with E-state index in [2.05, 4.69) is 10.3 Å². The van der Waals surface area contributed by atoms with E-state index in [0.29, 0.717) is 22.3 Å². The Kier molecular flexibility index (Phi) is 6.04. The Morgan fingerprint density at radius 2 is 1.84 bits per heavy atom. The Morgan fingerprint density at radius 1 is 1.12 bits per heavy atom. The first-order valence-corrected chi connectivity index (χ1v) is 10.3. The molecule has 0 unspecified atom stereocenters. The van der Waals surface area contributed by atoms with Crippen molar-refractivity contribution in [1.29, 1.82) is 0 Å². The summed E-state index contributed by atoms with van der Waals surface area (Å²) in [5.41, 5.74) is 1.43. The molecule has 0 spiro atoms. The summed E-state index contributed by atoms with van der Waals surface area (Å²) in [4.78, 5) is 40.8. The van der Waals surface area contributed by atoms with Crippen LogP contribution < -0.4 is 19.5 Å². The Bertz CT molecular complexity index is 1190. The number of ether oxygens (including phenoxy) is 4. The molecule has 1 amide bonds. The number of esters is 1. The molecular weight excluding hydrogens is 436 g/mol. The Labute approximate surface area is 186 Å². The summed E-state index contributed by atoms with van der Waals surface area (Å²) in [6.45, 7) is 0.865. The number of rotatable bonds is 7. The summed E-state index contributed by atoms with van der Waals surface area (Å²) in [5.74, 6) is -0.0407. The summed E-state index contributed by atoms with van der Waals surface area (Å²) in [7, 11) is 1.58. The van der Waals surface area contributed by atoms with Crippen molar-refractivity contribution >= 4 is 34.7 Å². The summed E-state index contributed by atoms with van der Waals surface area (Å²) in [6.07, 6.45) is 0. The number of aromatic nitrogens is 1. The first kappa shape index (κ1) is 21.3. The average molecular weight is 454 g/mol. The third-order valence-electron chi connectivity index (χ3n) is 4.55. The number of nitrogens with one attached hydrogen (secondary N) is 1. The van der Waals surface area contributed by atoms with E-state index in [1.807, 2.05) is 12.1 Å². The van der Waals surface area contributed by atoms with Gasteiger partial charge in [0, 0.05) is 22.6 Å². The zero-order valence-corrected chi connectivity index (χ0v) is 18.0. The molecule has 0 atom stereocenters. The van der Waals surface area contributed by atoms with Gasteiger partial charge >= 0.3 is 5.97 Å². The number of ketones is 1. The molecule has 1 aliphatic heterocycles. The molecule has 1 N–H and O–H groups in total. The third kappa shape index (κ3) is 4.54. The molecule has 164 valence electrons. The fraction of sp³-hybridized carbons (Fsp3) is 0.182. The molecule has 3 aromatic rings. The number of carbonyl (C=O) groups is 3. The second kappa shape index (κ2) is 9.06. The lowest BCUT2D eigenvalue weighted by Gasteiger charge is -2.10. The van der Waals surface area contributed by atoms with Gasteiger partial charge in [-0.2, -0.15) is 0 Å². The minimum Gasteiger partial charge on any atom is -0.497 e. The number of Topliss-reactive ketones (excluding diaryl/α,β-unsaturated/α-hetero) is 1. The summed E-state index contributed by atoms with van der Waals surface area (Å²) in [6, 6.07) is 10.3. The molecule has 2 aromatic carbocycles. The van der Waals surface area contributed by atoms with Gasteiger partial charge < -0.3 is 24.3 Å². The van der Waals surface area contributed by atoms with Crippen LogP contribution in [0.2, 0.25) is 0 Å². The maximum absolute atomic E-state index is 12.3. The maximum Gasteiger partial charge on any atom is 0.358 e. The number of fused-ring (bicyclic) bond motifs is 1. The predicted molar refractivity (Wildman–Crippen MR) is 116 cm³/mol. The minimum atomic E-state index is -0.728. The normalized spacial score (nSPS) is 11.7. The van der Waals surface area contributed by atoms with Crippen LogP contribution in [0.3, 0.4) is 0 Å². The number of carbonyl (C=O) groups excluding carboxylic acids is 3. The van der Waals surface area contributed by atoms with Gasteiger partial charge in [0.05, 0.1) is 12.8 Å². The first-order chi connectivity index (χ1) is 15.4. The highest BCUT2D eigenvalue weighted by molar-refractivity contribution is 7.13. The van der Waals surface area contributed by atoms with E-state index in [0.717, 1.165) is 5.56 Å². The topological polar surface area (TPSA) is 113 Å². The number of benzene rings is 2. The highest BCUT2D eigenvalue weighted by Crippen LogP contribution is 2.37. The van der Waals surface area contributed by atoms with Crippen LogP contribution in [-0.4, -0.2) is 43.2 Å². The second-order valence-electron chi connectivity index (χ2n) is 6.70. The van der Waals surface area contributed by atoms with Gasteiger partial charge in [-0.25, -0.2) is 9.78 Å². The molecule has 0 radical (unpaired) electrons. The second-order valence-corrected chi connectivity index (χ2v) is 7.56. The monoisotopic (exact) mass is 454 g/mol. The van der Waals surface area contributed by atoms with Gasteiger partial charge in [0.2, 0.25) is 6.79 Å². The van der Waals surface area contributed by atoms with Gasteiger partial charge in [-0.15, -0.1) is 11.3 Å². The number of methoxy groups -OCH3 is 1. The van der Waals surface area contributed by atoms with Crippen molar-refractivity contribution in [3.8, 4) is 27.8 Å². The van der Waals surface area contributed by atoms with Gasteiger partial charge in [0.25, 0.3) is 5.91 Å². The van der Waals surface area contributed by atoms with Crippen molar-refractivity contribution in [3.63, 3.8) is 0 Å². The lowest BCUT2D eigenvalue weighted by Crippen LogP contribution is -2.22. The van der Waals surface area contributed by atoms with E-state index in [-0.39, 0.29) is 29.5 Å². The highest BCUT2D eigenvalue weighted by atomic mass is 32.1. The van der Waals surface area contributed by atoms with Crippen LogP contribution in [0.5, 0.6) is 17.2 Å². The number of anilines is 1. The molecule has 4 rings (SSSR count). The summed E-state index contributed by atoms with van der Waals surface area (Å²) < 4.78 is 20.7. The minimum absolute atomic E-state index is 0.0356. The van der Waals surface area contributed by atoms with Crippen LogP contribution in [0.4, 0.5) is 5.69 Å². The molecule has 0 saturated carbocycles. The smallest absolute Gasteiger partial charge is 0.358 e. The Balaban J connectivity index is 1.38. The molecule has 2 heterocycles. The van der Waals surface area contributed by atoms with E-state index >= 15 is 0 Å². The summed E-state index contributed by atoms with van der Waals surface area (Å²) >= 11 is 1.28. The number of amides is 1. The molecule has 10 heteroatoms. The third-order valence-corrected chi connectivity index (χ3v) is 5.44. The standard InChI is InChI=1S/C22H18N2O7S/c1-12(25)15-7-18-19(31-11-30-18)8-16(15)23-20(26)9-29-22(27)17-10-32-21(24-17)13-3-5-14(28-2)6-4-13/h3-8,10H,9,11H2,1-2H3,(H,23,26). The fourth-order valence-corrected chi connectivity index (χ4v) is 3.76. The van der Waals surface area contributed by atoms with E-state index in [4.69, 9.17) is 18.9 Å². The number of hydrogen-bond donors (Lipinski definition) is 1. The first-order valence-electron chi connectivity index (χ1n) is 9.46. The quantitative estimate of drug-likeness (QED) is 0.426. The molecule has 0 bridgehead atoms. The average Bonchev–Trinajstić information content (AvgIpc) is 3.46. The number of nitrogens with zero attached hydrogens (tertiary/aromatic N) is 1. The molecule has 1 aromatic heterocycles. The van der Waals surface area contributed by atoms with Crippen molar-refractivity contribution in [2.75, 3.05) is 25.8 Å². The van der Waals surface area contributed by atoms with Gasteiger partial charge in [0.15, 0.2) is 29.6 Å². The summed E-state index contributed by atoms with van der Waals surface area (Å²) in [5, 5.41) is 4.76. The lowest BCUT2D eigenvalue weighted by molar-refractivity contribution is -0.119. The molecule has 0 aliphatic carbocycles. The van der Waals surface area contributed by atoms with E-state index in [1.165, 1.54) is 30.4 Å². The van der Waals surface area contributed by atoms with Gasteiger partial charge in [-0.3, -0.25) is 9.59 Å². The zero-order valence-electron chi connectivity index (χ0n) is 17.2. The van der Waals surface area contributed by atoms with Crippen molar-refractivity contribution in [2.45, 2.75) is 6.92 Å².